The molecule has 1 unspecified atom stereocenters. The molecule has 0 aliphatic carbocycles. The summed E-state index contributed by atoms with van der Waals surface area (Å²) in [7, 11) is -3.20. The highest BCUT2D eigenvalue weighted by Crippen LogP contribution is 2.16. The molecule has 1 aliphatic rings. The summed E-state index contributed by atoms with van der Waals surface area (Å²) in [6.07, 6.45) is 2.13. The van der Waals surface area contributed by atoms with E-state index < -0.39 is 21.2 Å². The number of hydrogen-bond acceptors (Lipinski definition) is 4. The third kappa shape index (κ3) is 5.88. The molecule has 1 heterocycles. The van der Waals surface area contributed by atoms with Crippen LogP contribution in [0.25, 0.3) is 0 Å². The maximum Gasteiger partial charge on any atom is 0.304 e. The average Bonchev–Trinajstić information content (AvgIpc) is 2.34. The van der Waals surface area contributed by atoms with Crippen molar-refractivity contribution in [2.75, 3.05) is 26.2 Å². The molecule has 1 atom stereocenters. The molecular formula is C12H24N2O4S. The molecule has 19 heavy (non-hydrogen) atoms. The van der Waals surface area contributed by atoms with Crippen LogP contribution in [0.2, 0.25) is 0 Å². The number of piperidine rings is 1. The number of rotatable bonds is 7. The van der Waals surface area contributed by atoms with Crippen molar-refractivity contribution in [3.05, 3.63) is 0 Å². The van der Waals surface area contributed by atoms with Crippen LogP contribution in [0.5, 0.6) is 0 Å². The predicted molar refractivity (Wildman–Crippen MR) is 73.5 cm³/mol. The van der Waals surface area contributed by atoms with Crippen LogP contribution in [-0.2, 0) is 14.8 Å². The van der Waals surface area contributed by atoms with E-state index in [1.54, 1.807) is 13.8 Å². The van der Waals surface area contributed by atoms with E-state index in [2.05, 4.69) is 9.62 Å². The Labute approximate surface area is 115 Å². The molecule has 2 N–H and O–H groups in total. The maximum absolute atomic E-state index is 11.7. The second-order valence-corrected chi connectivity index (χ2v) is 7.72. The second kappa shape index (κ2) is 7.21. The molecule has 0 spiro atoms. The summed E-state index contributed by atoms with van der Waals surface area (Å²) in [6, 6.07) is 0. The highest BCUT2D eigenvalue weighted by Gasteiger charge is 2.23. The Balaban J connectivity index is 2.37. The third-order valence-corrected chi connectivity index (χ3v) is 5.25. The van der Waals surface area contributed by atoms with Crippen LogP contribution in [0, 0.1) is 5.92 Å². The van der Waals surface area contributed by atoms with Crippen molar-refractivity contribution >= 4 is 16.0 Å². The summed E-state index contributed by atoms with van der Waals surface area (Å²) in [5, 5.41) is 8.25. The van der Waals surface area contributed by atoms with Gasteiger partial charge < -0.3 is 10.0 Å². The van der Waals surface area contributed by atoms with Crippen molar-refractivity contribution in [3.8, 4) is 0 Å². The fourth-order valence-electron chi connectivity index (χ4n) is 2.18. The Hall–Kier alpha value is -0.660. The zero-order chi connectivity index (χ0) is 14.5. The van der Waals surface area contributed by atoms with E-state index in [0.29, 0.717) is 13.1 Å². The lowest BCUT2D eigenvalue weighted by Gasteiger charge is -2.32. The van der Waals surface area contributed by atoms with Crippen molar-refractivity contribution in [1.29, 1.82) is 0 Å². The Morgan fingerprint density at radius 1 is 1.47 bits per heavy atom. The van der Waals surface area contributed by atoms with Gasteiger partial charge >= 0.3 is 5.97 Å². The number of nitrogens with one attached hydrogen (secondary N) is 1. The van der Waals surface area contributed by atoms with Gasteiger partial charge in [0.25, 0.3) is 0 Å². The van der Waals surface area contributed by atoms with E-state index in [0.717, 1.165) is 25.9 Å². The molecule has 0 amide bonds. The molecule has 1 saturated heterocycles. The van der Waals surface area contributed by atoms with Crippen molar-refractivity contribution in [3.63, 3.8) is 0 Å². The molecule has 0 aromatic heterocycles. The van der Waals surface area contributed by atoms with Gasteiger partial charge in [-0.3, -0.25) is 4.79 Å². The first-order valence-electron chi connectivity index (χ1n) is 6.74. The summed E-state index contributed by atoms with van der Waals surface area (Å²) >= 11 is 0. The Morgan fingerprint density at radius 2 is 2.16 bits per heavy atom. The molecule has 6 nitrogen and oxygen atoms in total. The van der Waals surface area contributed by atoms with Gasteiger partial charge in [-0.1, -0.05) is 0 Å². The molecule has 0 aromatic carbocycles. The van der Waals surface area contributed by atoms with E-state index in [1.165, 1.54) is 0 Å². The average molecular weight is 292 g/mol. The molecule has 7 heteroatoms. The Bertz CT molecular complexity index is 395. The number of hydrogen-bond donors (Lipinski definition) is 2. The first-order valence-corrected chi connectivity index (χ1v) is 8.28. The number of sulfonamides is 1. The minimum Gasteiger partial charge on any atom is -0.481 e. The van der Waals surface area contributed by atoms with E-state index >= 15 is 0 Å². The van der Waals surface area contributed by atoms with Crippen LogP contribution in [0.15, 0.2) is 0 Å². The number of carbonyl (C=O) groups is 1. The number of carboxylic acid groups (broad SMARTS) is 1. The van der Waals surface area contributed by atoms with Crippen LogP contribution < -0.4 is 4.72 Å². The van der Waals surface area contributed by atoms with Gasteiger partial charge in [-0.05, 0) is 39.2 Å². The largest absolute Gasteiger partial charge is 0.481 e. The maximum atomic E-state index is 11.7. The van der Waals surface area contributed by atoms with Crippen molar-refractivity contribution in [1.82, 2.24) is 9.62 Å². The lowest BCUT2D eigenvalue weighted by Crippen LogP contribution is -2.42. The summed E-state index contributed by atoms with van der Waals surface area (Å²) in [5.41, 5.74) is 0. The molecule has 0 saturated carbocycles. The van der Waals surface area contributed by atoms with E-state index in [-0.39, 0.29) is 12.3 Å². The topological polar surface area (TPSA) is 86.7 Å². The normalized spacial score (nSPS) is 21.7. The smallest absolute Gasteiger partial charge is 0.304 e. The molecule has 0 aromatic rings. The molecule has 112 valence electrons. The van der Waals surface area contributed by atoms with Gasteiger partial charge in [0.1, 0.15) is 0 Å². The summed E-state index contributed by atoms with van der Waals surface area (Å²) in [5.74, 6) is -0.515. The standard InChI is InChI=1S/C12H24N2O4S/c1-10(2)19(17,18)13-8-11-4-3-6-14(9-11)7-5-12(15)16/h10-11,13H,3-9H2,1-2H3,(H,15,16). The number of carboxylic acids is 1. The zero-order valence-electron chi connectivity index (χ0n) is 11.6. The fourth-order valence-corrected chi connectivity index (χ4v) is 2.98. The fraction of sp³-hybridized carbons (Fsp3) is 0.917. The van der Waals surface area contributed by atoms with E-state index in [9.17, 15) is 13.2 Å². The summed E-state index contributed by atoms with van der Waals surface area (Å²) in [4.78, 5) is 12.6. The number of aliphatic carboxylic acids is 1. The highest BCUT2D eigenvalue weighted by atomic mass is 32.2. The molecular weight excluding hydrogens is 268 g/mol. The molecule has 1 fully saturated rings. The Morgan fingerprint density at radius 3 is 2.74 bits per heavy atom. The minimum absolute atomic E-state index is 0.143. The van der Waals surface area contributed by atoms with Crippen molar-refractivity contribution in [2.24, 2.45) is 5.92 Å². The zero-order valence-corrected chi connectivity index (χ0v) is 12.4. The van der Waals surface area contributed by atoms with Gasteiger partial charge in [0.2, 0.25) is 10.0 Å². The van der Waals surface area contributed by atoms with Crippen molar-refractivity contribution in [2.45, 2.75) is 38.4 Å². The first-order chi connectivity index (χ1) is 8.81. The molecule has 0 bridgehead atoms. The second-order valence-electron chi connectivity index (χ2n) is 5.39. The van der Waals surface area contributed by atoms with Gasteiger partial charge in [0.05, 0.1) is 11.7 Å². The first kappa shape index (κ1) is 16.4. The lowest BCUT2D eigenvalue weighted by molar-refractivity contribution is -0.137. The summed E-state index contributed by atoms with van der Waals surface area (Å²) in [6.45, 7) is 5.98. The van der Waals surface area contributed by atoms with Crippen LogP contribution in [0.1, 0.15) is 33.1 Å². The van der Waals surface area contributed by atoms with Crippen LogP contribution in [-0.4, -0.2) is 55.8 Å². The van der Waals surface area contributed by atoms with Gasteiger partial charge in [-0.2, -0.15) is 0 Å². The SMILES string of the molecule is CC(C)S(=O)(=O)NCC1CCCN(CCC(=O)O)C1. The highest BCUT2D eigenvalue weighted by molar-refractivity contribution is 7.90. The molecule has 1 rings (SSSR count). The van der Waals surface area contributed by atoms with Gasteiger partial charge in [0, 0.05) is 19.6 Å². The van der Waals surface area contributed by atoms with Gasteiger partial charge in [0.15, 0.2) is 0 Å². The van der Waals surface area contributed by atoms with Gasteiger partial charge in [-0.25, -0.2) is 13.1 Å². The monoisotopic (exact) mass is 292 g/mol. The lowest BCUT2D eigenvalue weighted by atomic mass is 9.98. The minimum atomic E-state index is -3.20. The van der Waals surface area contributed by atoms with Crippen LogP contribution in [0.3, 0.4) is 0 Å². The van der Waals surface area contributed by atoms with Crippen molar-refractivity contribution < 1.29 is 18.3 Å². The van der Waals surface area contributed by atoms with Crippen LogP contribution in [0.4, 0.5) is 0 Å². The number of nitrogens with zero attached hydrogens (tertiary/aromatic N) is 1. The van der Waals surface area contributed by atoms with Crippen LogP contribution >= 0.6 is 0 Å². The quantitative estimate of drug-likeness (QED) is 0.713. The summed E-state index contributed by atoms with van der Waals surface area (Å²) < 4.78 is 26.0. The van der Waals surface area contributed by atoms with E-state index in [4.69, 9.17) is 5.11 Å². The predicted octanol–water partition coefficient (Wildman–Crippen LogP) is 0.501. The molecule has 1 aliphatic heterocycles. The van der Waals surface area contributed by atoms with Gasteiger partial charge in [-0.15, -0.1) is 0 Å². The molecule has 0 radical (unpaired) electrons. The third-order valence-electron chi connectivity index (χ3n) is 3.44. The van der Waals surface area contributed by atoms with E-state index in [1.807, 2.05) is 0 Å². The Kier molecular flexibility index (Phi) is 6.22. The number of likely N-dealkylation sites (tertiary alicyclic amines) is 1.